The van der Waals surface area contributed by atoms with Crippen molar-refractivity contribution in [1.82, 2.24) is 15.5 Å². The summed E-state index contributed by atoms with van der Waals surface area (Å²) in [4.78, 5) is 27.7. The molecule has 26 heavy (non-hydrogen) atoms. The van der Waals surface area contributed by atoms with Crippen LogP contribution in [0.25, 0.3) is 0 Å². The number of furan rings is 1. The highest BCUT2D eigenvalue weighted by molar-refractivity contribution is 6.31. The van der Waals surface area contributed by atoms with E-state index >= 15 is 0 Å². The van der Waals surface area contributed by atoms with E-state index in [2.05, 4.69) is 20.2 Å². The van der Waals surface area contributed by atoms with Crippen molar-refractivity contribution in [3.05, 3.63) is 70.2 Å². The van der Waals surface area contributed by atoms with Crippen LogP contribution in [0.5, 0.6) is 0 Å². The maximum Gasteiger partial charge on any atom is 0.337 e. The first kappa shape index (κ1) is 17.7. The Morgan fingerprint density at radius 2 is 2.15 bits per heavy atom. The van der Waals surface area contributed by atoms with Gasteiger partial charge in [0.15, 0.2) is 5.82 Å². The number of amides is 1. The van der Waals surface area contributed by atoms with E-state index in [1.807, 2.05) is 0 Å². The molecule has 2 heterocycles. The van der Waals surface area contributed by atoms with Crippen LogP contribution in [0.3, 0.4) is 0 Å². The summed E-state index contributed by atoms with van der Waals surface area (Å²) in [6.07, 6.45) is 1.71. The molecule has 0 unspecified atom stereocenters. The molecule has 0 saturated carbocycles. The normalized spacial score (nSPS) is 10.5. The Kier molecular flexibility index (Phi) is 5.33. The van der Waals surface area contributed by atoms with Crippen molar-refractivity contribution >= 4 is 23.5 Å². The Balaban J connectivity index is 1.68. The van der Waals surface area contributed by atoms with Crippen molar-refractivity contribution in [3.8, 4) is 0 Å². The van der Waals surface area contributed by atoms with E-state index in [1.165, 1.54) is 13.4 Å². The summed E-state index contributed by atoms with van der Waals surface area (Å²) in [5.41, 5.74) is 0.963. The maximum atomic E-state index is 12.0. The number of hydrogen-bond donors (Lipinski definition) is 1. The number of carbonyl (C=O) groups is 2. The second-order valence-corrected chi connectivity index (χ2v) is 5.66. The second kappa shape index (κ2) is 7.83. The van der Waals surface area contributed by atoms with Crippen LogP contribution in [0.2, 0.25) is 5.02 Å². The molecule has 0 spiro atoms. The predicted molar refractivity (Wildman–Crippen MR) is 89.8 cm³/mol. The zero-order valence-electron chi connectivity index (χ0n) is 13.7. The van der Waals surface area contributed by atoms with Gasteiger partial charge in [-0.25, -0.2) is 4.79 Å². The molecule has 0 fully saturated rings. The van der Waals surface area contributed by atoms with E-state index in [0.29, 0.717) is 21.9 Å². The third kappa shape index (κ3) is 4.09. The van der Waals surface area contributed by atoms with Gasteiger partial charge >= 0.3 is 17.8 Å². The lowest BCUT2D eigenvalue weighted by Crippen LogP contribution is -2.22. The Morgan fingerprint density at radius 1 is 1.31 bits per heavy atom. The molecule has 0 atom stereocenters. The van der Waals surface area contributed by atoms with E-state index in [9.17, 15) is 9.59 Å². The van der Waals surface area contributed by atoms with Gasteiger partial charge in [0.2, 0.25) is 0 Å². The number of carbonyl (C=O) groups excluding carboxylic acids is 2. The summed E-state index contributed by atoms with van der Waals surface area (Å²) >= 11 is 6.14. The van der Waals surface area contributed by atoms with Crippen LogP contribution in [0.1, 0.15) is 38.2 Å². The van der Waals surface area contributed by atoms with Crippen LogP contribution in [0, 0.1) is 0 Å². The maximum absolute atomic E-state index is 12.0. The smallest absolute Gasteiger partial charge is 0.337 e. The predicted octanol–water partition coefficient (Wildman–Crippen LogP) is 2.62. The molecule has 0 aliphatic rings. The van der Waals surface area contributed by atoms with Crippen LogP contribution in [0.15, 0.2) is 45.5 Å². The molecule has 1 amide bonds. The molecule has 0 radical (unpaired) electrons. The number of nitrogens with one attached hydrogen (secondary N) is 1. The zero-order valence-corrected chi connectivity index (χ0v) is 14.4. The molecule has 0 aliphatic carbocycles. The summed E-state index contributed by atoms with van der Waals surface area (Å²) in [5.74, 6) is -0.308. The van der Waals surface area contributed by atoms with E-state index in [-0.39, 0.29) is 24.7 Å². The number of benzene rings is 1. The number of rotatable bonds is 6. The summed E-state index contributed by atoms with van der Waals surface area (Å²) < 4.78 is 14.8. The van der Waals surface area contributed by atoms with Gasteiger partial charge in [0, 0.05) is 11.4 Å². The Hall–Kier alpha value is -3.13. The van der Waals surface area contributed by atoms with Crippen LogP contribution in [-0.4, -0.2) is 29.1 Å². The minimum Gasteiger partial charge on any atom is -0.467 e. The van der Waals surface area contributed by atoms with Gasteiger partial charge in [-0.2, -0.15) is 4.98 Å². The van der Waals surface area contributed by atoms with Crippen molar-refractivity contribution < 1.29 is 23.3 Å². The van der Waals surface area contributed by atoms with Gasteiger partial charge in [-0.1, -0.05) is 16.8 Å². The molecule has 8 nitrogen and oxygen atoms in total. The lowest BCUT2D eigenvalue weighted by molar-refractivity contribution is 0.0600. The van der Waals surface area contributed by atoms with Crippen LogP contribution in [-0.2, 0) is 17.7 Å². The van der Waals surface area contributed by atoms with Gasteiger partial charge in [0.05, 0.1) is 25.5 Å². The molecule has 0 aliphatic heterocycles. The van der Waals surface area contributed by atoms with Crippen molar-refractivity contribution in [2.75, 3.05) is 7.11 Å². The number of nitrogens with zero attached hydrogens (tertiary/aromatic N) is 2. The zero-order chi connectivity index (χ0) is 18.5. The molecule has 2 aromatic heterocycles. The average Bonchev–Trinajstić information content (AvgIpc) is 3.32. The van der Waals surface area contributed by atoms with E-state index in [4.69, 9.17) is 20.5 Å². The molecule has 0 saturated heterocycles. The summed E-state index contributed by atoms with van der Waals surface area (Å²) in [7, 11) is 1.30. The quantitative estimate of drug-likeness (QED) is 0.660. The lowest BCUT2D eigenvalue weighted by atomic mass is 10.1. The number of halogens is 1. The first-order chi connectivity index (χ1) is 12.6. The molecule has 3 aromatic rings. The van der Waals surface area contributed by atoms with Gasteiger partial charge in [-0.05, 0) is 35.9 Å². The molecule has 134 valence electrons. The highest BCUT2D eigenvalue weighted by atomic mass is 35.5. The Morgan fingerprint density at radius 3 is 2.88 bits per heavy atom. The molecular formula is C17H14ClN3O5. The lowest BCUT2D eigenvalue weighted by Gasteiger charge is -2.04. The van der Waals surface area contributed by atoms with Crippen LogP contribution >= 0.6 is 11.6 Å². The first-order valence-electron chi connectivity index (χ1n) is 7.56. The van der Waals surface area contributed by atoms with E-state index < -0.39 is 11.9 Å². The standard InChI is InChI=1S/C17H14ClN3O5/c1-24-17(23)10-4-5-13(18)11(7-10)8-14-20-16(26-21-14)15(22)19-9-12-3-2-6-25-12/h2-7H,8-9H2,1H3,(H,19,22). The molecule has 9 heteroatoms. The summed E-state index contributed by atoms with van der Waals surface area (Å²) in [5, 5.41) is 6.81. The minimum atomic E-state index is -0.519. The molecular weight excluding hydrogens is 362 g/mol. The van der Waals surface area contributed by atoms with Crippen molar-refractivity contribution in [3.63, 3.8) is 0 Å². The van der Waals surface area contributed by atoms with Gasteiger partial charge in [0.1, 0.15) is 5.76 Å². The number of esters is 1. The molecule has 1 aromatic carbocycles. The first-order valence-corrected chi connectivity index (χ1v) is 7.94. The molecule has 1 N–H and O–H groups in total. The van der Waals surface area contributed by atoms with Crippen molar-refractivity contribution in [1.29, 1.82) is 0 Å². The second-order valence-electron chi connectivity index (χ2n) is 5.25. The number of ether oxygens (including phenoxy) is 1. The van der Waals surface area contributed by atoms with E-state index in [1.54, 1.807) is 30.3 Å². The fourth-order valence-corrected chi connectivity index (χ4v) is 2.38. The third-order valence-electron chi connectivity index (χ3n) is 3.48. The van der Waals surface area contributed by atoms with Gasteiger partial charge in [-0.3, -0.25) is 4.79 Å². The molecule has 3 rings (SSSR count). The van der Waals surface area contributed by atoms with Crippen LogP contribution < -0.4 is 5.32 Å². The topological polar surface area (TPSA) is 107 Å². The van der Waals surface area contributed by atoms with Gasteiger partial charge in [-0.15, -0.1) is 0 Å². The highest BCUT2D eigenvalue weighted by Gasteiger charge is 2.17. The Labute approximate surface area is 153 Å². The highest BCUT2D eigenvalue weighted by Crippen LogP contribution is 2.20. The number of methoxy groups -OCH3 is 1. The summed E-state index contributed by atoms with van der Waals surface area (Å²) in [6, 6.07) is 8.18. The van der Waals surface area contributed by atoms with Crippen molar-refractivity contribution in [2.45, 2.75) is 13.0 Å². The van der Waals surface area contributed by atoms with Crippen LogP contribution in [0.4, 0.5) is 0 Å². The van der Waals surface area contributed by atoms with E-state index in [0.717, 1.165) is 0 Å². The SMILES string of the molecule is COC(=O)c1ccc(Cl)c(Cc2noc(C(=O)NCc3ccco3)n2)c1. The fourth-order valence-electron chi connectivity index (χ4n) is 2.20. The molecule has 0 bridgehead atoms. The minimum absolute atomic E-state index is 0.174. The summed E-state index contributed by atoms with van der Waals surface area (Å²) in [6.45, 7) is 0.205. The van der Waals surface area contributed by atoms with Gasteiger partial charge in [0.25, 0.3) is 0 Å². The van der Waals surface area contributed by atoms with Crippen molar-refractivity contribution in [2.24, 2.45) is 0 Å². The fraction of sp³-hybridized carbons (Fsp3) is 0.176. The monoisotopic (exact) mass is 375 g/mol. The number of hydrogen-bond acceptors (Lipinski definition) is 7. The Bertz CT molecular complexity index is 920. The third-order valence-corrected chi connectivity index (χ3v) is 3.85. The largest absolute Gasteiger partial charge is 0.467 e. The average molecular weight is 376 g/mol. The number of aromatic nitrogens is 2. The van der Waals surface area contributed by atoms with Gasteiger partial charge < -0.3 is 19.0 Å².